The summed E-state index contributed by atoms with van der Waals surface area (Å²) in [5.74, 6) is 0.203. The second kappa shape index (κ2) is 6.82. The molecule has 2 aromatic heterocycles. The lowest BCUT2D eigenvalue weighted by Crippen LogP contribution is -2.55. The Kier molecular flexibility index (Phi) is 4.86. The zero-order valence-electron chi connectivity index (χ0n) is 15.0. The van der Waals surface area contributed by atoms with Crippen LogP contribution in [0.5, 0.6) is 0 Å². The van der Waals surface area contributed by atoms with Crippen LogP contribution >= 0.6 is 0 Å². The van der Waals surface area contributed by atoms with E-state index < -0.39 is 15.7 Å². The highest BCUT2D eigenvalue weighted by Gasteiger charge is 2.46. The van der Waals surface area contributed by atoms with Crippen molar-refractivity contribution in [3.63, 3.8) is 0 Å². The van der Waals surface area contributed by atoms with Crippen molar-refractivity contribution in [1.29, 1.82) is 0 Å². The minimum atomic E-state index is -3.51. The molecule has 26 heavy (non-hydrogen) atoms. The van der Waals surface area contributed by atoms with E-state index in [9.17, 15) is 13.2 Å². The SMILES string of the molecule is CN(C)S(=O)(=O)N1CCC(C(=O)Nc2ccn(C)n2)(n2cccn2)CC1. The number of nitrogens with one attached hydrogen (secondary N) is 1. The number of aromatic nitrogens is 4. The molecule has 0 aromatic carbocycles. The third-order valence-corrected chi connectivity index (χ3v) is 6.60. The summed E-state index contributed by atoms with van der Waals surface area (Å²) in [5, 5.41) is 11.3. The predicted molar refractivity (Wildman–Crippen MR) is 95.5 cm³/mol. The van der Waals surface area contributed by atoms with Gasteiger partial charge in [0.05, 0.1) is 0 Å². The van der Waals surface area contributed by atoms with Gasteiger partial charge >= 0.3 is 0 Å². The van der Waals surface area contributed by atoms with Crippen LogP contribution in [0.4, 0.5) is 5.82 Å². The van der Waals surface area contributed by atoms with Crippen LogP contribution in [-0.2, 0) is 27.6 Å². The fourth-order valence-electron chi connectivity index (χ4n) is 3.11. The summed E-state index contributed by atoms with van der Waals surface area (Å²) in [5.41, 5.74) is -0.959. The van der Waals surface area contributed by atoms with Gasteiger partial charge in [-0.2, -0.15) is 27.2 Å². The molecule has 1 aliphatic heterocycles. The molecular formula is C15H23N7O3S. The van der Waals surface area contributed by atoms with E-state index in [0.29, 0.717) is 18.7 Å². The van der Waals surface area contributed by atoms with E-state index in [4.69, 9.17) is 0 Å². The number of rotatable bonds is 5. The molecule has 1 fully saturated rings. The number of hydrogen-bond donors (Lipinski definition) is 1. The molecule has 0 saturated carbocycles. The fraction of sp³-hybridized carbons (Fsp3) is 0.533. The molecule has 0 spiro atoms. The number of amides is 1. The van der Waals surface area contributed by atoms with E-state index in [1.165, 1.54) is 22.7 Å². The highest BCUT2D eigenvalue weighted by Crippen LogP contribution is 2.32. The summed E-state index contributed by atoms with van der Waals surface area (Å²) in [6.07, 6.45) is 5.72. The number of piperidine rings is 1. The molecule has 3 rings (SSSR count). The van der Waals surface area contributed by atoms with Crippen LogP contribution in [0.15, 0.2) is 30.7 Å². The smallest absolute Gasteiger partial charge is 0.281 e. The molecule has 2 aromatic rings. The minimum Gasteiger partial charge on any atom is -0.307 e. The molecular weight excluding hydrogens is 358 g/mol. The van der Waals surface area contributed by atoms with Crippen molar-refractivity contribution in [2.75, 3.05) is 32.5 Å². The topological polar surface area (TPSA) is 105 Å². The third-order valence-electron chi connectivity index (χ3n) is 4.66. The Labute approximate surface area is 152 Å². The maximum Gasteiger partial charge on any atom is 0.281 e. The summed E-state index contributed by atoms with van der Waals surface area (Å²) in [4.78, 5) is 13.1. The number of nitrogens with zero attached hydrogens (tertiary/aromatic N) is 6. The average molecular weight is 381 g/mol. The van der Waals surface area contributed by atoms with Crippen LogP contribution in [0, 0.1) is 0 Å². The Morgan fingerprint density at radius 3 is 2.46 bits per heavy atom. The first-order valence-corrected chi connectivity index (χ1v) is 9.64. The van der Waals surface area contributed by atoms with Gasteiger partial charge in [-0.25, -0.2) is 0 Å². The molecule has 11 heteroatoms. The zero-order chi connectivity index (χ0) is 18.9. The normalized spacial score (nSPS) is 18.2. The lowest BCUT2D eigenvalue weighted by molar-refractivity contribution is -0.127. The number of carbonyl (C=O) groups excluding carboxylic acids is 1. The third kappa shape index (κ3) is 3.24. The zero-order valence-corrected chi connectivity index (χ0v) is 15.8. The highest BCUT2D eigenvalue weighted by molar-refractivity contribution is 7.86. The van der Waals surface area contributed by atoms with E-state index in [1.54, 1.807) is 47.1 Å². The van der Waals surface area contributed by atoms with Gasteiger partial charge in [0.25, 0.3) is 16.1 Å². The van der Waals surface area contributed by atoms with Gasteiger partial charge in [0.15, 0.2) is 5.82 Å². The van der Waals surface area contributed by atoms with Crippen molar-refractivity contribution in [2.45, 2.75) is 18.4 Å². The van der Waals surface area contributed by atoms with Crippen LogP contribution in [0.3, 0.4) is 0 Å². The summed E-state index contributed by atoms with van der Waals surface area (Å²) < 4.78 is 30.5. The molecule has 0 radical (unpaired) electrons. The Morgan fingerprint density at radius 1 is 1.27 bits per heavy atom. The lowest BCUT2D eigenvalue weighted by atomic mass is 9.87. The van der Waals surface area contributed by atoms with Crippen molar-refractivity contribution in [1.82, 2.24) is 28.2 Å². The number of carbonyl (C=O) groups is 1. The van der Waals surface area contributed by atoms with Gasteiger partial charge in [0.1, 0.15) is 5.54 Å². The van der Waals surface area contributed by atoms with Crippen molar-refractivity contribution >= 4 is 21.9 Å². The molecule has 142 valence electrons. The first-order valence-electron chi connectivity index (χ1n) is 8.24. The van der Waals surface area contributed by atoms with Gasteiger partial charge in [0.2, 0.25) is 0 Å². The molecule has 0 atom stereocenters. The molecule has 1 amide bonds. The Hall–Kier alpha value is -2.24. The average Bonchev–Trinajstić information content (AvgIpc) is 3.27. The number of hydrogen-bond acceptors (Lipinski definition) is 5. The molecule has 0 unspecified atom stereocenters. The van der Waals surface area contributed by atoms with Crippen LogP contribution in [0.25, 0.3) is 0 Å². The predicted octanol–water partition coefficient (Wildman–Crippen LogP) is -0.147. The highest BCUT2D eigenvalue weighted by atomic mass is 32.2. The second-order valence-electron chi connectivity index (χ2n) is 6.50. The van der Waals surface area contributed by atoms with Crippen LogP contribution in [0.1, 0.15) is 12.8 Å². The van der Waals surface area contributed by atoms with E-state index in [1.807, 2.05) is 0 Å². The summed E-state index contributed by atoms with van der Waals surface area (Å²) in [6.45, 7) is 0.464. The molecule has 3 heterocycles. The maximum absolute atomic E-state index is 13.1. The number of anilines is 1. The molecule has 1 N–H and O–H groups in total. The first kappa shape index (κ1) is 18.5. The van der Waals surface area contributed by atoms with E-state index >= 15 is 0 Å². The quantitative estimate of drug-likeness (QED) is 0.776. The molecule has 10 nitrogen and oxygen atoms in total. The second-order valence-corrected chi connectivity index (χ2v) is 8.64. The molecule has 1 aliphatic rings. The monoisotopic (exact) mass is 381 g/mol. The van der Waals surface area contributed by atoms with Crippen LogP contribution in [-0.4, -0.2) is 69.7 Å². The van der Waals surface area contributed by atoms with Gasteiger partial charge in [-0.3, -0.25) is 14.2 Å². The van der Waals surface area contributed by atoms with Crippen LogP contribution in [0.2, 0.25) is 0 Å². The largest absolute Gasteiger partial charge is 0.307 e. The molecule has 1 saturated heterocycles. The Bertz CT molecular complexity index is 865. The lowest BCUT2D eigenvalue weighted by Gasteiger charge is -2.40. The van der Waals surface area contributed by atoms with Crippen LogP contribution < -0.4 is 5.32 Å². The minimum absolute atomic E-state index is 0.232. The van der Waals surface area contributed by atoms with E-state index in [2.05, 4.69) is 15.5 Å². The van der Waals surface area contributed by atoms with Gasteiger partial charge in [-0.1, -0.05) is 0 Å². The van der Waals surface area contributed by atoms with Crippen molar-refractivity contribution in [3.05, 3.63) is 30.7 Å². The Balaban J connectivity index is 1.85. The van der Waals surface area contributed by atoms with E-state index in [0.717, 1.165) is 0 Å². The van der Waals surface area contributed by atoms with Gasteiger partial charge in [-0.15, -0.1) is 0 Å². The Morgan fingerprint density at radius 2 is 1.96 bits per heavy atom. The first-order chi connectivity index (χ1) is 12.3. The van der Waals surface area contributed by atoms with Gasteiger partial charge in [0, 0.05) is 58.9 Å². The summed E-state index contributed by atoms with van der Waals surface area (Å²) in [7, 11) is 1.25. The van der Waals surface area contributed by atoms with Gasteiger partial charge in [-0.05, 0) is 18.9 Å². The maximum atomic E-state index is 13.1. The van der Waals surface area contributed by atoms with Crippen molar-refractivity contribution < 1.29 is 13.2 Å². The van der Waals surface area contributed by atoms with Crippen molar-refractivity contribution in [2.24, 2.45) is 7.05 Å². The standard InChI is InChI=1S/C15H23N7O3S/c1-19(2)26(24,25)21-11-6-15(7-12-21,22-9-4-8-16-22)14(23)17-13-5-10-20(3)18-13/h4-5,8-10H,6-7,11-12H2,1-3H3,(H,17,18,23). The summed E-state index contributed by atoms with van der Waals surface area (Å²) >= 11 is 0. The fourth-order valence-corrected chi connectivity index (χ4v) is 4.22. The van der Waals surface area contributed by atoms with E-state index in [-0.39, 0.29) is 19.0 Å². The summed E-state index contributed by atoms with van der Waals surface area (Å²) in [6, 6.07) is 3.46. The number of aryl methyl sites for hydroxylation is 1. The van der Waals surface area contributed by atoms with Crippen molar-refractivity contribution in [3.8, 4) is 0 Å². The van der Waals surface area contributed by atoms with Gasteiger partial charge < -0.3 is 5.32 Å². The molecule has 0 aliphatic carbocycles. The molecule has 0 bridgehead atoms.